The molecule has 4 aromatic rings. The standard InChI is InChI=1S/C31H27ClN6O3S/c1-3-17-37-30(40)27(18-28(39)34-24-13-11-23(32)12-14-24)42-31(37)35-33-19-22-20-38(25-7-5-4-6-8-25)36-29(22)21-9-15-26(41-2)16-10-21/h3-16,19-20,27H,1,17-18H2,2H3,(H,34,39)/b33-19+,35-31-. The zero-order chi connectivity index (χ0) is 29.5. The van der Waals surface area contributed by atoms with Crippen LogP contribution in [0.4, 0.5) is 5.69 Å². The number of ether oxygens (including phenoxy) is 1. The van der Waals surface area contributed by atoms with E-state index in [2.05, 4.69) is 22.1 Å². The summed E-state index contributed by atoms with van der Waals surface area (Å²) in [6.07, 6.45) is 5.07. The Morgan fingerprint density at radius 2 is 1.86 bits per heavy atom. The SMILES string of the molecule is C=CCN1C(=O)C(CC(=O)Nc2ccc(Cl)cc2)S/C1=N\N=C\c1cn(-c2ccccc2)nc1-c1ccc(OC)cc1. The Balaban J connectivity index is 1.37. The minimum absolute atomic E-state index is 0.0199. The number of thioether (sulfide) groups is 1. The topological polar surface area (TPSA) is 101 Å². The zero-order valence-electron chi connectivity index (χ0n) is 22.7. The van der Waals surface area contributed by atoms with Gasteiger partial charge in [0.1, 0.15) is 16.7 Å². The molecule has 1 unspecified atom stereocenters. The molecule has 2 amide bonds. The maximum atomic E-state index is 13.1. The third kappa shape index (κ3) is 6.79. The first-order chi connectivity index (χ1) is 20.4. The quantitative estimate of drug-likeness (QED) is 0.136. The largest absolute Gasteiger partial charge is 0.497 e. The van der Waals surface area contributed by atoms with Crippen molar-refractivity contribution in [3.63, 3.8) is 0 Å². The van der Waals surface area contributed by atoms with E-state index in [9.17, 15) is 9.59 Å². The highest BCUT2D eigenvalue weighted by Crippen LogP contribution is 2.30. The van der Waals surface area contributed by atoms with Crippen molar-refractivity contribution in [2.45, 2.75) is 11.7 Å². The van der Waals surface area contributed by atoms with E-state index in [0.29, 0.717) is 21.6 Å². The van der Waals surface area contributed by atoms with Crippen LogP contribution in [0.15, 0.2) is 108 Å². The van der Waals surface area contributed by atoms with Gasteiger partial charge in [-0.25, -0.2) is 4.68 Å². The van der Waals surface area contributed by atoms with Gasteiger partial charge in [-0.1, -0.05) is 47.6 Å². The van der Waals surface area contributed by atoms with Gasteiger partial charge >= 0.3 is 0 Å². The van der Waals surface area contributed by atoms with Crippen molar-refractivity contribution in [2.75, 3.05) is 19.0 Å². The van der Waals surface area contributed by atoms with Gasteiger partial charge in [0.15, 0.2) is 5.17 Å². The Morgan fingerprint density at radius 3 is 2.55 bits per heavy atom. The minimum atomic E-state index is -0.637. The van der Waals surface area contributed by atoms with Crippen LogP contribution in [-0.2, 0) is 9.59 Å². The number of hydrogen-bond donors (Lipinski definition) is 1. The second-order valence-electron chi connectivity index (χ2n) is 9.17. The Labute approximate surface area is 252 Å². The molecule has 1 N–H and O–H groups in total. The fourth-order valence-electron chi connectivity index (χ4n) is 4.24. The number of anilines is 1. The van der Waals surface area contributed by atoms with Crippen molar-refractivity contribution in [3.05, 3.63) is 108 Å². The molecule has 0 radical (unpaired) electrons. The molecule has 3 aromatic carbocycles. The molecule has 1 atom stereocenters. The molecular weight excluding hydrogens is 572 g/mol. The normalized spacial score (nSPS) is 15.9. The first-order valence-electron chi connectivity index (χ1n) is 13.0. The third-order valence-corrected chi connectivity index (χ3v) is 7.71. The lowest BCUT2D eigenvalue weighted by Gasteiger charge is -2.12. The molecule has 0 saturated carbocycles. The highest BCUT2D eigenvalue weighted by Gasteiger charge is 2.38. The summed E-state index contributed by atoms with van der Waals surface area (Å²) in [5, 5.41) is 16.6. The van der Waals surface area contributed by atoms with Gasteiger partial charge in [-0.05, 0) is 60.7 Å². The van der Waals surface area contributed by atoms with Crippen LogP contribution in [0.25, 0.3) is 16.9 Å². The average molecular weight is 599 g/mol. The van der Waals surface area contributed by atoms with Crippen LogP contribution in [0.3, 0.4) is 0 Å². The molecule has 2 heterocycles. The Hall–Kier alpha value is -4.67. The summed E-state index contributed by atoms with van der Waals surface area (Å²) in [6.45, 7) is 4.00. The number of nitrogens with zero attached hydrogens (tertiary/aromatic N) is 5. The number of benzene rings is 3. The number of nitrogens with one attached hydrogen (secondary N) is 1. The number of rotatable bonds is 10. The summed E-state index contributed by atoms with van der Waals surface area (Å²) in [5.41, 5.74) is 3.82. The van der Waals surface area contributed by atoms with E-state index in [1.807, 2.05) is 60.8 Å². The third-order valence-electron chi connectivity index (χ3n) is 6.30. The smallest absolute Gasteiger partial charge is 0.243 e. The van der Waals surface area contributed by atoms with E-state index >= 15 is 0 Å². The van der Waals surface area contributed by atoms with Crippen LogP contribution in [-0.4, -0.2) is 56.8 Å². The van der Waals surface area contributed by atoms with Gasteiger partial charge < -0.3 is 10.1 Å². The number of carbonyl (C=O) groups is 2. The fourth-order valence-corrected chi connectivity index (χ4v) is 5.46. The molecule has 9 nitrogen and oxygen atoms in total. The number of aromatic nitrogens is 2. The van der Waals surface area contributed by atoms with E-state index in [0.717, 1.165) is 22.6 Å². The maximum Gasteiger partial charge on any atom is 0.243 e. The molecule has 11 heteroatoms. The first kappa shape index (κ1) is 28.8. The number of amidine groups is 1. The van der Waals surface area contributed by atoms with Crippen LogP contribution in [0.2, 0.25) is 5.02 Å². The van der Waals surface area contributed by atoms with Crippen molar-refractivity contribution in [1.29, 1.82) is 0 Å². The summed E-state index contributed by atoms with van der Waals surface area (Å²) in [7, 11) is 1.62. The molecule has 42 heavy (non-hydrogen) atoms. The molecule has 1 saturated heterocycles. The highest BCUT2D eigenvalue weighted by molar-refractivity contribution is 8.15. The van der Waals surface area contributed by atoms with Gasteiger partial charge in [0.05, 0.1) is 19.0 Å². The molecule has 1 aliphatic heterocycles. The Morgan fingerprint density at radius 1 is 1.12 bits per heavy atom. The van der Waals surface area contributed by atoms with E-state index in [1.165, 1.54) is 16.7 Å². The summed E-state index contributed by atoms with van der Waals surface area (Å²) in [5.74, 6) is 0.226. The minimum Gasteiger partial charge on any atom is -0.497 e. The van der Waals surface area contributed by atoms with Gasteiger partial charge in [-0.3, -0.25) is 14.5 Å². The predicted molar refractivity (Wildman–Crippen MR) is 169 cm³/mol. The van der Waals surface area contributed by atoms with Crippen molar-refractivity contribution >= 4 is 52.2 Å². The Kier molecular flexibility index (Phi) is 9.15. The van der Waals surface area contributed by atoms with Gasteiger partial charge in [-0.2, -0.15) is 10.2 Å². The molecular formula is C31H27ClN6O3S. The van der Waals surface area contributed by atoms with Crippen LogP contribution in [0.5, 0.6) is 5.75 Å². The first-order valence-corrected chi connectivity index (χ1v) is 14.3. The monoisotopic (exact) mass is 598 g/mol. The van der Waals surface area contributed by atoms with E-state index in [1.54, 1.807) is 48.3 Å². The molecule has 212 valence electrons. The summed E-state index contributed by atoms with van der Waals surface area (Å²) in [4.78, 5) is 27.3. The van der Waals surface area contributed by atoms with Gasteiger partial charge in [-0.15, -0.1) is 11.7 Å². The molecule has 1 fully saturated rings. The number of amides is 2. The average Bonchev–Trinajstić information content (AvgIpc) is 3.56. The van der Waals surface area contributed by atoms with Crippen LogP contribution in [0.1, 0.15) is 12.0 Å². The lowest BCUT2D eigenvalue weighted by molar-refractivity contribution is -0.127. The van der Waals surface area contributed by atoms with Crippen molar-refractivity contribution in [3.8, 4) is 22.7 Å². The highest BCUT2D eigenvalue weighted by atomic mass is 35.5. The molecule has 1 aromatic heterocycles. The molecule has 1 aliphatic rings. The van der Waals surface area contributed by atoms with Crippen molar-refractivity contribution < 1.29 is 14.3 Å². The number of methoxy groups -OCH3 is 1. The Bertz CT molecular complexity index is 1640. The summed E-state index contributed by atoms with van der Waals surface area (Å²) >= 11 is 7.12. The second-order valence-corrected chi connectivity index (χ2v) is 10.8. The van der Waals surface area contributed by atoms with Gasteiger partial charge in [0.2, 0.25) is 11.8 Å². The van der Waals surface area contributed by atoms with Crippen LogP contribution < -0.4 is 10.1 Å². The van der Waals surface area contributed by atoms with Crippen molar-refractivity contribution in [2.24, 2.45) is 10.2 Å². The summed E-state index contributed by atoms with van der Waals surface area (Å²) in [6, 6.07) is 24.1. The molecule has 5 rings (SSSR count). The predicted octanol–water partition coefficient (Wildman–Crippen LogP) is 6.05. The maximum absolute atomic E-state index is 13.1. The van der Waals surface area contributed by atoms with E-state index < -0.39 is 5.25 Å². The fraction of sp³-hybridized carbons (Fsp3) is 0.129. The number of carbonyl (C=O) groups excluding carboxylic acids is 2. The number of para-hydroxylation sites is 1. The zero-order valence-corrected chi connectivity index (χ0v) is 24.3. The van der Waals surface area contributed by atoms with Crippen LogP contribution in [0, 0.1) is 0 Å². The molecule has 0 aliphatic carbocycles. The lowest BCUT2D eigenvalue weighted by atomic mass is 10.1. The van der Waals surface area contributed by atoms with E-state index in [-0.39, 0.29) is 24.8 Å². The van der Waals surface area contributed by atoms with Crippen molar-refractivity contribution in [1.82, 2.24) is 14.7 Å². The van der Waals surface area contributed by atoms with Gasteiger partial charge in [0, 0.05) is 41.0 Å². The van der Waals surface area contributed by atoms with E-state index in [4.69, 9.17) is 21.4 Å². The van der Waals surface area contributed by atoms with Gasteiger partial charge in [0.25, 0.3) is 0 Å². The molecule has 0 spiro atoms. The number of hydrogen-bond acceptors (Lipinski definition) is 7. The van der Waals surface area contributed by atoms with Crippen LogP contribution >= 0.6 is 23.4 Å². The molecule has 0 bridgehead atoms. The lowest BCUT2D eigenvalue weighted by Crippen LogP contribution is -2.33. The number of halogens is 1. The second kappa shape index (κ2) is 13.3. The summed E-state index contributed by atoms with van der Waals surface area (Å²) < 4.78 is 7.07.